The van der Waals surface area contributed by atoms with Crippen LogP contribution in [0.4, 0.5) is 0 Å². The Morgan fingerprint density at radius 1 is 0.360 bits per heavy atom. The summed E-state index contributed by atoms with van der Waals surface area (Å²) in [7, 11) is 0. The van der Waals surface area contributed by atoms with Gasteiger partial charge in [0.2, 0.25) is 0 Å². The molecule has 1 nitrogen and oxygen atoms in total. The van der Waals surface area contributed by atoms with Crippen molar-refractivity contribution >= 4 is 54.1 Å². The summed E-state index contributed by atoms with van der Waals surface area (Å²) in [6, 6.07) is 63.8. The second-order valence-electron chi connectivity index (χ2n) is 13.3. The van der Waals surface area contributed by atoms with Gasteiger partial charge in [0.25, 0.3) is 0 Å². The minimum Gasteiger partial charge on any atom is -0.455 e. The molecule has 0 saturated carbocycles. The lowest BCUT2D eigenvalue weighted by Crippen LogP contribution is -1.93. The van der Waals surface area contributed by atoms with E-state index in [9.17, 15) is 0 Å². The summed E-state index contributed by atoms with van der Waals surface area (Å²) in [4.78, 5) is 0. The Bertz CT molecular complexity index is 2860. The van der Waals surface area contributed by atoms with E-state index >= 15 is 0 Å². The van der Waals surface area contributed by atoms with Crippen molar-refractivity contribution in [2.75, 3.05) is 0 Å². The Hall–Kier alpha value is -6.44. The molecule has 0 aliphatic carbocycles. The number of fused-ring (bicyclic) bond motifs is 6. The van der Waals surface area contributed by atoms with Crippen LogP contribution in [0.2, 0.25) is 0 Å². The first kappa shape index (κ1) is 28.6. The minimum absolute atomic E-state index is 0.897. The summed E-state index contributed by atoms with van der Waals surface area (Å²) < 4.78 is 7.14. The summed E-state index contributed by atoms with van der Waals surface area (Å²) in [6.45, 7) is 2.14. The first-order chi connectivity index (χ1) is 24.7. The zero-order chi connectivity index (χ0) is 33.2. The number of rotatable bonds is 4. The van der Waals surface area contributed by atoms with Crippen molar-refractivity contribution in [1.29, 1.82) is 0 Å². The Balaban J connectivity index is 1.42. The average Bonchev–Trinajstić information content (AvgIpc) is 3.58. The molecule has 234 valence electrons. The van der Waals surface area contributed by atoms with Crippen molar-refractivity contribution in [2.24, 2.45) is 0 Å². The summed E-state index contributed by atoms with van der Waals surface area (Å²) in [5.41, 5.74) is 10.4. The number of furan rings is 1. The van der Waals surface area contributed by atoms with E-state index in [1.54, 1.807) is 0 Å². The molecular formula is C49H32O. The van der Waals surface area contributed by atoms with E-state index in [1.807, 2.05) is 0 Å². The van der Waals surface area contributed by atoms with E-state index < -0.39 is 0 Å². The highest BCUT2D eigenvalue weighted by molar-refractivity contribution is 6.28. The lowest BCUT2D eigenvalue weighted by molar-refractivity contribution is 0.636. The van der Waals surface area contributed by atoms with Crippen LogP contribution >= 0.6 is 0 Å². The van der Waals surface area contributed by atoms with E-state index in [-0.39, 0.29) is 0 Å². The quantitative estimate of drug-likeness (QED) is 0.175. The van der Waals surface area contributed by atoms with Gasteiger partial charge < -0.3 is 4.42 Å². The van der Waals surface area contributed by atoms with Gasteiger partial charge in [0, 0.05) is 21.9 Å². The van der Waals surface area contributed by atoms with E-state index in [0.29, 0.717) is 0 Å². The molecule has 0 atom stereocenters. The molecule has 9 aromatic carbocycles. The third-order valence-electron chi connectivity index (χ3n) is 10.3. The maximum Gasteiger partial charge on any atom is 0.143 e. The van der Waals surface area contributed by atoms with Crippen molar-refractivity contribution in [1.82, 2.24) is 0 Å². The fourth-order valence-electron chi connectivity index (χ4n) is 8.15. The van der Waals surface area contributed by atoms with Gasteiger partial charge in [-0.1, -0.05) is 169 Å². The van der Waals surface area contributed by atoms with Crippen molar-refractivity contribution in [3.8, 4) is 44.7 Å². The molecule has 0 unspecified atom stereocenters. The zero-order valence-electron chi connectivity index (χ0n) is 27.7. The highest BCUT2D eigenvalue weighted by Gasteiger charge is 2.26. The van der Waals surface area contributed by atoms with Gasteiger partial charge in [-0.15, -0.1) is 0 Å². The molecule has 0 fully saturated rings. The molecule has 10 rings (SSSR count). The van der Waals surface area contributed by atoms with Gasteiger partial charge in [-0.25, -0.2) is 0 Å². The maximum atomic E-state index is 7.14. The van der Waals surface area contributed by atoms with Crippen LogP contribution in [0, 0.1) is 6.92 Å². The number of benzene rings is 9. The molecule has 1 heteroatoms. The average molecular weight is 637 g/mol. The SMILES string of the molecule is Cc1cccc(-c2oc3c(c(-c4c5ccccc5c(-c5cccc6ccccc56)c5ccccc45)cc4ccccc43)c2-c2ccccc2)c1. The topological polar surface area (TPSA) is 13.1 Å². The summed E-state index contributed by atoms with van der Waals surface area (Å²) >= 11 is 0. The second-order valence-corrected chi connectivity index (χ2v) is 13.3. The van der Waals surface area contributed by atoms with Crippen molar-refractivity contribution in [3.63, 3.8) is 0 Å². The van der Waals surface area contributed by atoms with Gasteiger partial charge in [-0.3, -0.25) is 0 Å². The lowest BCUT2D eigenvalue weighted by atomic mass is 9.82. The van der Waals surface area contributed by atoms with E-state index in [1.165, 1.54) is 60.1 Å². The Kier molecular flexibility index (Phi) is 6.47. The molecule has 50 heavy (non-hydrogen) atoms. The van der Waals surface area contributed by atoms with Crippen molar-refractivity contribution in [3.05, 3.63) is 181 Å². The molecule has 0 spiro atoms. The molecule has 0 N–H and O–H groups in total. The first-order valence-electron chi connectivity index (χ1n) is 17.3. The summed E-state index contributed by atoms with van der Waals surface area (Å²) in [5, 5.41) is 10.8. The van der Waals surface area contributed by atoms with Gasteiger partial charge in [-0.2, -0.15) is 0 Å². The normalized spacial score (nSPS) is 11.7. The lowest BCUT2D eigenvalue weighted by Gasteiger charge is -2.20. The molecular weight excluding hydrogens is 605 g/mol. The molecule has 1 aromatic heterocycles. The molecule has 10 aromatic rings. The van der Waals surface area contributed by atoms with Crippen LogP contribution in [0.3, 0.4) is 0 Å². The highest BCUT2D eigenvalue weighted by atomic mass is 16.3. The van der Waals surface area contributed by atoms with Crippen LogP contribution < -0.4 is 0 Å². The van der Waals surface area contributed by atoms with Crippen molar-refractivity contribution in [2.45, 2.75) is 6.92 Å². The number of aryl methyl sites for hydroxylation is 1. The van der Waals surface area contributed by atoms with Crippen molar-refractivity contribution < 1.29 is 4.42 Å². The predicted octanol–water partition coefficient (Wildman–Crippen LogP) is 14.0. The van der Waals surface area contributed by atoms with Crippen LogP contribution in [0.15, 0.2) is 180 Å². The molecule has 0 aliphatic rings. The fourth-order valence-corrected chi connectivity index (χ4v) is 8.15. The van der Waals surface area contributed by atoms with E-state index in [2.05, 4.69) is 183 Å². The Morgan fingerprint density at radius 3 is 1.56 bits per heavy atom. The van der Waals surface area contributed by atoms with Gasteiger partial charge >= 0.3 is 0 Å². The molecule has 0 radical (unpaired) electrons. The fraction of sp³-hybridized carbons (Fsp3) is 0.0204. The van der Waals surface area contributed by atoms with E-state index in [0.717, 1.165) is 44.2 Å². The minimum atomic E-state index is 0.897. The number of hydrogen-bond acceptors (Lipinski definition) is 1. The summed E-state index contributed by atoms with van der Waals surface area (Å²) in [5.74, 6) is 0.897. The van der Waals surface area contributed by atoms with Gasteiger partial charge in [0.05, 0.1) is 0 Å². The zero-order valence-corrected chi connectivity index (χ0v) is 27.7. The van der Waals surface area contributed by atoms with Gasteiger partial charge in [-0.05, 0) is 84.6 Å². The van der Waals surface area contributed by atoms with Gasteiger partial charge in [0.15, 0.2) is 0 Å². The van der Waals surface area contributed by atoms with E-state index in [4.69, 9.17) is 4.42 Å². The number of hydrogen-bond donors (Lipinski definition) is 0. The molecule has 0 aliphatic heterocycles. The second kappa shape index (κ2) is 11.3. The third-order valence-corrected chi connectivity index (χ3v) is 10.3. The van der Waals surface area contributed by atoms with Crippen LogP contribution in [0.25, 0.3) is 98.8 Å². The monoisotopic (exact) mass is 636 g/mol. The maximum absolute atomic E-state index is 7.14. The van der Waals surface area contributed by atoms with Crippen LogP contribution in [0.1, 0.15) is 5.56 Å². The standard InChI is InChI=1S/C49H32O/c1-31-15-13-21-35(29-31)48-44(33-17-3-2-4-18-33)47-43(30-34-19-6-8-23-37(34)49(47)50-48)46-41-26-11-9-24-39(41)45(40-25-10-12-27-42(40)46)38-28-14-20-32-16-5-7-22-36(32)38/h2-30H,1H3. The Morgan fingerprint density at radius 2 is 0.880 bits per heavy atom. The van der Waals surface area contributed by atoms with Gasteiger partial charge in [0.1, 0.15) is 11.3 Å². The molecule has 0 saturated heterocycles. The molecule has 1 heterocycles. The van der Waals surface area contributed by atoms with Crippen LogP contribution in [-0.4, -0.2) is 0 Å². The molecule has 0 bridgehead atoms. The first-order valence-corrected chi connectivity index (χ1v) is 17.3. The van der Waals surface area contributed by atoms with Crippen LogP contribution in [0.5, 0.6) is 0 Å². The third kappa shape index (κ3) is 4.34. The smallest absolute Gasteiger partial charge is 0.143 e. The van der Waals surface area contributed by atoms with Crippen LogP contribution in [-0.2, 0) is 0 Å². The predicted molar refractivity (Wildman–Crippen MR) is 213 cm³/mol. The molecule has 0 amide bonds. The highest BCUT2D eigenvalue weighted by Crippen LogP contribution is 2.52. The largest absolute Gasteiger partial charge is 0.455 e. The summed E-state index contributed by atoms with van der Waals surface area (Å²) in [6.07, 6.45) is 0. The Labute approximate surface area is 290 Å².